The number of amides is 3. The second kappa shape index (κ2) is 13.6. The van der Waals surface area contributed by atoms with Gasteiger partial charge in [0.25, 0.3) is 0 Å². The summed E-state index contributed by atoms with van der Waals surface area (Å²) in [6, 6.07) is 35.3. The van der Waals surface area contributed by atoms with Gasteiger partial charge in [-0.05, 0) is 22.3 Å². The SMILES string of the molecule is NC(=O)[C@@H](NC(=O)[C@@H](Cc1ccccc1)NC(=O)OCc1ccccc1)C(c1ccccc1)c1ccccc1. The Kier molecular flexibility index (Phi) is 9.45. The third-order valence-corrected chi connectivity index (χ3v) is 6.36. The normalized spacial score (nSPS) is 12.2. The number of alkyl carbamates (subject to hydrolysis) is 1. The van der Waals surface area contributed by atoms with Gasteiger partial charge in [-0.1, -0.05) is 121 Å². The maximum absolute atomic E-state index is 13.7. The van der Waals surface area contributed by atoms with E-state index >= 15 is 0 Å². The molecule has 2 atom stereocenters. The van der Waals surface area contributed by atoms with Gasteiger partial charge in [-0.15, -0.1) is 0 Å². The monoisotopic (exact) mass is 521 g/mol. The van der Waals surface area contributed by atoms with Crippen molar-refractivity contribution in [2.24, 2.45) is 5.73 Å². The lowest BCUT2D eigenvalue weighted by atomic mass is 9.84. The summed E-state index contributed by atoms with van der Waals surface area (Å²) < 4.78 is 5.36. The van der Waals surface area contributed by atoms with Crippen LogP contribution in [0.3, 0.4) is 0 Å². The Bertz CT molecular complexity index is 1310. The van der Waals surface area contributed by atoms with Gasteiger partial charge in [0.2, 0.25) is 11.8 Å². The highest BCUT2D eigenvalue weighted by Crippen LogP contribution is 2.28. The Morgan fingerprint density at radius 3 is 1.59 bits per heavy atom. The van der Waals surface area contributed by atoms with Crippen molar-refractivity contribution < 1.29 is 19.1 Å². The zero-order valence-corrected chi connectivity index (χ0v) is 21.4. The Morgan fingerprint density at radius 1 is 0.641 bits per heavy atom. The number of rotatable bonds is 11. The zero-order chi connectivity index (χ0) is 27.5. The van der Waals surface area contributed by atoms with E-state index in [1.54, 1.807) is 0 Å². The van der Waals surface area contributed by atoms with Gasteiger partial charge in [-0.2, -0.15) is 0 Å². The number of carbonyl (C=O) groups excluding carboxylic acids is 3. The molecule has 198 valence electrons. The summed E-state index contributed by atoms with van der Waals surface area (Å²) in [5.41, 5.74) is 9.16. The quantitative estimate of drug-likeness (QED) is 0.273. The van der Waals surface area contributed by atoms with E-state index in [2.05, 4.69) is 10.6 Å². The molecular weight excluding hydrogens is 490 g/mol. The first-order valence-corrected chi connectivity index (χ1v) is 12.7. The van der Waals surface area contributed by atoms with Crippen molar-refractivity contribution in [1.82, 2.24) is 10.6 Å². The van der Waals surface area contributed by atoms with Crippen LogP contribution in [0.1, 0.15) is 28.2 Å². The lowest BCUT2D eigenvalue weighted by Gasteiger charge is -2.28. The number of nitrogens with two attached hydrogens (primary N) is 1. The minimum atomic E-state index is -1.07. The summed E-state index contributed by atoms with van der Waals surface area (Å²) in [6.45, 7) is 0.0559. The fraction of sp³-hybridized carbons (Fsp3) is 0.156. The predicted molar refractivity (Wildman–Crippen MR) is 150 cm³/mol. The van der Waals surface area contributed by atoms with Gasteiger partial charge < -0.3 is 21.1 Å². The molecule has 4 aromatic carbocycles. The van der Waals surface area contributed by atoms with E-state index in [9.17, 15) is 14.4 Å². The van der Waals surface area contributed by atoms with Gasteiger partial charge in [0.15, 0.2) is 0 Å². The molecule has 4 aromatic rings. The second-order valence-electron chi connectivity index (χ2n) is 9.14. The first kappa shape index (κ1) is 27.1. The third-order valence-electron chi connectivity index (χ3n) is 6.36. The van der Waals surface area contributed by atoms with Crippen LogP contribution in [0, 0.1) is 0 Å². The van der Waals surface area contributed by atoms with Crippen LogP contribution in [0.4, 0.5) is 4.79 Å². The predicted octanol–water partition coefficient (Wildman–Crippen LogP) is 4.33. The van der Waals surface area contributed by atoms with E-state index in [-0.39, 0.29) is 13.0 Å². The molecule has 0 aliphatic heterocycles. The maximum atomic E-state index is 13.7. The van der Waals surface area contributed by atoms with Crippen LogP contribution >= 0.6 is 0 Å². The van der Waals surface area contributed by atoms with Crippen molar-refractivity contribution >= 4 is 17.9 Å². The van der Waals surface area contributed by atoms with Crippen LogP contribution in [0.15, 0.2) is 121 Å². The molecular formula is C32H31N3O4. The van der Waals surface area contributed by atoms with Crippen molar-refractivity contribution in [3.8, 4) is 0 Å². The minimum Gasteiger partial charge on any atom is -0.445 e. The molecule has 0 radical (unpaired) electrons. The molecule has 0 spiro atoms. The van der Waals surface area contributed by atoms with E-state index in [0.717, 1.165) is 22.3 Å². The minimum absolute atomic E-state index is 0.0559. The number of ether oxygens (including phenoxy) is 1. The van der Waals surface area contributed by atoms with Gasteiger partial charge >= 0.3 is 6.09 Å². The molecule has 0 aliphatic carbocycles. The van der Waals surface area contributed by atoms with E-state index in [4.69, 9.17) is 10.5 Å². The summed E-state index contributed by atoms with van der Waals surface area (Å²) in [4.78, 5) is 39.1. The molecule has 0 bridgehead atoms. The van der Waals surface area contributed by atoms with E-state index in [1.165, 1.54) is 0 Å². The number of benzene rings is 4. The van der Waals surface area contributed by atoms with Crippen molar-refractivity contribution in [2.45, 2.75) is 31.0 Å². The van der Waals surface area contributed by atoms with E-state index < -0.39 is 35.9 Å². The highest BCUT2D eigenvalue weighted by molar-refractivity contribution is 5.92. The van der Waals surface area contributed by atoms with Crippen LogP contribution in [0.2, 0.25) is 0 Å². The Morgan fingerprint density at radius 2 is 1.10 bits per heavy atom. The molecule has 0 saturated carbocycles. The van der Waals surface area contributed by atoms with Crippen LogP contribution in [0.5, 0.6) is 0 Å². The molecule has 0 aliphatic rings. The fourth-order valence-electron chi connectivity index (χ4n) is 4.44. The molecule has 7 heteroatoms. The summed E-state index contributed by atoms with van der Waals surface area (Å²) in [7, 11) is 0. The summed E-state index contributed by atoms with van der Waals surface area (Å²) >= 11 is 0. The van der Waals surface area contributed by atoms with E-state index in [1.807, 2.05) is 121 Å². The Labute approximate surface area is 228 Å². The summed E-state index contributed by atoms with van der Waals surface area (Å²) in [5, 5.41) is 5.50. The van der Waals surface area contributed by atoms with Gasteiger partial charge in [0.05, 0.1) is 0 Å². The van der Waals surface area contributed by atoms with Gasteiger partial charge in [-0.3, -0.25) is 9.59 Å². The lowest BCUT2D eigenvalue weighted by molar-refractivity contribution is -0.128. The smallest absolute Gasteiger partial charge is 0.408 e. The highest BCUT2D eigenvalue weighted by Gasteiger charge is 2.33. The molecule has 0 aromatic heterocycles. The lowest BCUT2D eigenvalue weighted by Crippen LogP contribution is -2.55. The van der Waals surface area contributed by atoms with Gasteiger partial charge in [-0.25, -0.2) is 4.79 Å². The average Bonchev–Trinajstić information content (AvgIpc) is 2.97. The maximum Gasteiger partial charge on any atom is 0.408 e. The molecule has 7 nitrogen and oxygen atoms in total. The largest absolute Gasteiger partial charge is 0.445 e. The van der Waals surface area contributed by atoms with Crippen molar-refractivity contribution in [3.05, 3.63) is 144 Å². The van der Waals surface area contributed by atoms with Crippen LogP contribution in [0.25, 0.3) is 0 Å². The number of hydrogen-bond acceptors (Lipinski definition) is 4. The third kappa shape index (κ3) is 7.79. The number of carbonyl (C=O) groups is 3. The molecule has 39 heavy (non-hydrogen) atoms. The molecule has 3 amide bonds. The molecule has 0 unspecified atom stereocenters. The van der Waals surface area contributed by atoms with Crippen molar-refractivity contribution in [1.29, 1.82) is 0 Å². The molecule has 4 rings (SSSR count). The Balaban J connectivity index is 1.57. The first-order valence-electron chi connectivity index (χ1n) is 12.7. The van der Waals surface area contributed by atoms with E-state index in [0.29, 0.717) is 0 Å². The number of primary amides is 1. The second-order valence-corrected chi connectivity index (χ2v) is 9.14. The summed E-state index contributed by atoms with van der Waals surface area (Å²) in [6.07, 6.45) is -0.548. The molecule has 0 heterocycles. The topological polar surface area (TPSA) is 111 Å². The molecule has 0 fully saturated rings. The molecule has 0 saturated heterocycles. The van der Waals surface area contributed by atoms with Crippen LogP contribution in [-0.4, -0.2) is 30.0 Å². The number of hydrogen-bond donors (Lipinski definition) is 3. The van der Waals surface area contributed by atoms with Crippen molar-refractivity contribution in [3.63, 3.8) is 0 Å². The van der Waals surface area contributed by atoms with Gasteiger partial charge in [0.1, 0.15) is 18.7 Å². The fourth-order valence-corrected chi connectivity index (χ4v) is 4.44. The van der Waals surface area contributed by atoms with Crippen molar-refractivity contribution in [2.75, 3.05) is 0 Å². The Hall–Kier alpha value is -4.91. The highest BCUT2D eigenvalue weighted by atomic mass is 16.5. The molecule has 4 N–H and O–H groups in total. The van der Waals surface area contributed by atoms with Gasteiger partial charge in [0, 0.05) is 12.3 Å². The van der Waals surface area contributed by atoms with Crippen LogP contribution < -0.4 is 16.4 Å². The van der Waals surface area contributed by atoms with Crippen LogP contribution in [-0.2, 0) is 27.4 Å². The standard InChI is InChI=1S/C32H31N3O4/c33-30(36)29(28(25-17-9-3-10-18-25)26-19-11-4-12-20-26)35-31(37)27(21-23-13-5-1-6-14-23)34-32(38)39-22-24-15-7-2-8-16-24/h1-20,27-29H,21-22H2,(H2,33,36)(H,34,38)(H,35,37)/t27-,29+/m1/s1. The first-order chi connectivity index (χ1) is 19.0. The average molecular weight is 522 g/mol. The summed E-state index contributed by atoms with van der Waals surface area (Å²) in [5.74, 6) is -1.77. The zero-order valence-electron chi connectivity index (χ0n) is 21.4. The number of nitrogens with one attached hydrogen (secondary N) is 2.